The van der Waals surface area contributed by atoms with Gasteiger partial charge in [-0.2, -0.15) is 0 Å². The smallest absolute Gasteiger partial charge is 0.255 e. The minimum absolute atomic E-state index is 0.179. The van der Waals surface area contributed by atoms with Crippen LogP contribution in [0.2, 0.25) is 5.02 Å². The van der Waals surface area contributed by atoms with Crippen molar-refractivity contribution in [2.75, 3.05) is 13.7 Å². The van der Waals surface area contributed by atoms with Gasteiger partial charge in [-0.15, -0.1) is 0 Å². The van der Waals surface area contributed by atoms with Crippen molar-refractivity contribution in [2.45, 2.75) is 44.8 Å². The maximum atomic E-state index is 13.9. The third-order valence-corrected chi connectivity index (χ3v) is 7.70. The monoisotopic (exact) mass is 581 g/mol. The Morgan fingerprint density at radius 1 is 1.07 bits per heavy atom. The first-order valence-electron chi connectivity index (χ1n) is 13.2. The van der Waals surface area contributed by atoms with Gasteiger partial charge in [-0.25, -0.2) is 8.78 Å². The van der Waals surface area contributed by atoms with Crippen molar-refractivity contribution in [1.82, 2.24) is 15.6 Å². The molecule has 214 valence electrons. The number of rotatable bonds is 7. The Bertz CT molecular complexity index is 1670. The van der Waals surface area contributed by atoms with E-state index in [1.54, 1.807) is 30.5 Å². The first kappa shape index (κ1) is 28.6. The Kier molecular flexibility index (Phi) is 7.76. The highest BCUT2D eigenvalue weighted by Gasteiger charge is 2.31. The minimum atomic E-state index is -0.977. The van der Waals surface area contributed by atoms with E-state index >= 15 is 0 Å². The maximum absolute atomic E-state index is 13.9. The van der Waals surface area contributed by atoms with Gasteiger partial charge in [0.2, 0.25) is 0 Å². The molecular formula is C31H30ClF2N3O4. The van der Waals surface area contributed by atoms with E-state index in [0.29, 0.717) is 39.8 Å². The number of carbonyl (C=O) groups excluding carboxylic acids is 2. The highest BCUT2D eigenvalue weighted by molar-refractivity contribution is 6.34. The largest absolute Gasteiger partial charge is 0.487 e. The molecule has 0 bridgehead atoms. The second kappa shape index (κ2) is 11.1. The molecule has 1 unspecified atom stereocenters. The van der Waals surface area contributed by atoms with Gasteiger partial charge in [-0.05, 0) is 85.7 Å². The first-order valence-corrected chi connectivity index (χ1v) is 13.6. The molecule has 10 heteroatoms. The third kappa shape index (κ3) is 5.78. The van der Waals surface area contributed by atoms with E-state index in [1.165, 1.54) is 7.05 Å². The molecule has 4 N–H and O–H groups in total. The van der Waals surface area contributed by atoms with Crippen LogP contribution in [0, 0.1) is 11.6 Å². The van der Waals surface area contributed by atoms with E-state index in [1.807, 2.05) is 19.9 Å². The lowest BCUT2D eigenvalue weighted by Gasteiger charge is -2.34. The van der Waals surface area contributed by atoms with Crippen LogP contribution in [0.4, 0.5) is 8.78 Å². The molecule has 4 aromatic rings. The fourth-order valence-electron chi connectivity index (χ4n) is 5.14. The molecule has 1 aliphatic rings. The number of nitrogens with one attached hydrogen (secondary N) is 3. The van der Waals surface area contributed by atoms with Crippen molar-refractivity contribution >= 4 is 34.3 Å². The summed E-state index contributed by atoms with van der Waals surface area (Å²) in [7, 11) is 1.53. The van der Waals surface area contributed by atoms with Crippen LogP contribution >= 0.6 is 11.6 Å². The molecule has 0 saturated heterocycles. The second-order valence-electron chi connectivity index (χ2n) is 10.8. The summed E-state index contributed by atoms with van der Waals surface area (Å²) in [6, 6.07) is 10.2. The van der Waals surface area contributed by atoms with Crippen molar-refractivity contribution in [3.8, 4) is 16.9 Å². The number of aromatic amines is 1. The van der Waals surface area contributed by atoms with E-state index in [4.69, 9.17) is 16.3 Å². The number of hydrogen-bond acceptors (Lipinski definition) is 4. The third-order valence-electron chi connectivity index (χ3n) is 7.39. The number of aliphatic hydroxyl groups excluding tert-OH is 1. The Morgan fingerprint density at radius 2 is 1.83 bits per heavy atom. The quantitative estimate of drug-likeness (QED) is 0.229. The minimum Gasteiger partial charge on any atom is -0.487 e. The van der Waals surface area contributed by atoms with E-state index in [0.717, 1.165) is 35.2 Å². The zero-order chi connectivity index (χ0) is 29.5. The van der Waals surface area contributed by atoms with E-state index in [9.17, 15) is 23.5 Å². The molecule has 3 aromatic carbocycles. The van der Waals surface area contributed by atoms with Crippen LogP contribution < -0.4 is 15.4 Å². The van der Waals surface area contributed by atoms with Gasteiger partial charge >= 0.3 is 0 Å². The predicted octanol–water partition coefficient (Wildman–Crippen LogP) is 5.56. The molecular weight excluding hydrogens is 552 g/mol. The van der Waals surface area contributed by atoms with Gasteiger partial charge in [0.15, 0.2) is 11.6 Å². The number of aryl methyl sites for hydroxylation is 1. The predicted molar refractivity (Wildman–Crippen MR) is 154 cm³/mol. The molecule has 0 saturated carbocycles. The number of amides is 2. The van der Waals surface area contributed by atoms with Crippen LogP contribution in [-0.4, -0.2) is 47.2 Å². The number of aromatic nitrogens is 1. The van der Waals surface area contributed by atoms with Gasteiger partial charge in [0.05, 0.1) is 28.8 Å². The summed E-state index contributed by atoms with van der Waals surface area (Å²) in [5.74, 6) is -2.23. The van der Waals surface area contributed by atoms with Crippen LogP contribution in [0.3, 0.4) is 0 Å². The lowest BCUT2D eigenvalue weighted by Crippen LogP contribution is -2.40. The SMILES string of the molecule is CNC(=O)c1ccc(-c2cc3c(c(C(=O)NC(CO)Cc4c[nH]c5cc(F)c(F)cc45)c2)OC(C)(C)CC3)cc1Cl. The average molecular weight is 582 g/mol. The number of carbonyl (C=O) groups is 2. The van der Waals surface area contributed by atoms with Crippen LogP contribution in [-0.2, 0) is 12.8 Å². The van der Waals surface area contributed by atoms with Crippen molar-refractivity contribution in [3.63, 3.8) is 0 Å². The molecule has 5 rings (SSSR count). The van der Waals surface area contributed by atoms with Crippen LogP contribution in [0.15, 0.2) is 48.7 Å². The lowest BCUT2D eigenvalue weighted by molar-refractivity contribution is 0.0783. The van der Waals surface area contributed by atoms with Crippen LogP contribution in [0.1, 0.15) is 52.1 Å². The summed E-state index contributed by atoms with van der Waals surface area (Å²) in [5, 5.41) is 16.3. The standard InChI is InChI=1S/C31H30ClF2N3O4/c1-31(2)7-6-17-8-18(16-4-5-21(24(32)11-16)29(39)35-3)10-23(28(17)41-31)30(40)37-20(15-38)9-19-14-36-27-13-26(34)25(33)12-22(19)27/h4-5,8,10-14,20,36,38H,6-7,9,15H2,1-3H3,(H,35,39)(H,37,40). The number of halogens is 3. The summed E-state index contributed by atoms with van der Waals surface area (Å²) >= 11 is 6.41. The molecule has 0 spiro atoms. The molecule has 0 aliphatic carbocycles. The van der Waals surface area contributed by atoms with Crippen molar-refractivity contribution in [2.24, 2.45) is 0 Å². The Hall–Kier alpha value is -3.95. The Labute approximate surface area is 240 Å². The molecule has 0 fully saturated rings. The summed E-state index contributed by atoms with van der Waals surface area (Å²) in [6.45, 7) is 3.53. The summed E-state index contributed by atoms with van der Waals surface area (Å²) in [4.78, 5) is 28.7. The first-order chi connectivity index (χ1) is 19.5. The molecule has 41 heavy (non-hydrogen) atoms. The number of aliphatic hydroxyl groups is 1. The zero-order valence-electron chi connectivity index (χ0n) is 22.8. The zero-order valence-corrected chi connectivity index (χ0v) is 23.6. The van der Waals surface area contributed by atoms with Gasteiger partial charge in [-0.3, -0.25) is 9.59 Å². The summed E-state index contributed by atoms with van der Waals surface area (Å²) in [5.41, 5.74) is 3.48. The number of benzene rings is 3. The van der Waals surface area contributed by atoms with Crippen LogP contribution in [0.25, 0.3) is 22.0 Å². The molecule has 1 aromatic heterocycles. The van der Waals surface area contributed by atoms with Gasteiger partial charge in [0.25, 0.3) is 11.8 Å². The summed E-state index contributed by atoms with van der Waals surface area (Å²) < 4.78 is 33.8. The maximum Gasteiger partial charge on any atom is 0.255 e. The van der Waals surface area contributed by atoms with Gasteiger partial charge < -0.3 is 25.5 Å². The second-order valence-corrected chi connectivity index (χ2v) is 11.2. The summed E-state index contributed by atoms with van der Waals surface area (Å²) in [6.07, 6.45) is 3.22. The molecule has 2 heterocycles. The van der Waals surface area contributed by atoms with E-state index in [2.05, 4.69) is 15.6 Å². The Morgan fingerprint density at radius 3 is 2.54 bits per heavy atom. The fourth-order valence-corrected chi connectivity index (χ4v) is 5.41. The Balaban J connectivity index is 1.48. The highest BCUT2D eigenvalue weighted by Crippen LogP contribution is 2.39. The number of ether oxygens (including phenoxy) is 1. The number of hydrogen-bond donors (Lipinski definition) is 4. The highest BCUT2D eigenvalue weighted by atomic mass is 35.5. The lowest BCUT2D eigenvalue weighted by atomic mass is 9.89. The molecule has 2 amide bonds. The molecule has 1 atom stereocenters. The number of fused-ring (bicyclic) bond motifs is 2. The van der Waals surface area contributed by atoms with Crippen molar-refractivity contribution in [3.05, 3.63) is 87.6 Å². The van der Waals surface area contributed by atoms with Crippen LogP contribution in [0.5, 0.6) is 5.75 Å². The topological polar surface area (TPSA) is 103 Å². The molecule has 1 aliphatic heterocycles. The molecule has 0 radical (unpaired) electrons. The molecule has 7 nitrogen and oxygen atoms in total. The normalized spacial score (nSPS) is 14.7. The fraction of sp³-hybridized carbons (Fsp3) is 0.290. The van der Waals surface area contributed by atoms with Gasteiger partial charge in [0, 0.05) is 30.2 Å². The van der Waals surface area contributed by atoms with Crippen molar-refractivity contribution < 1.29 is 28.2 Å². The van der Waals surface area contributed by atoms with Gasteiger partial charge in [-0.1, -0.05) is 17.7 Å². The van der Waals surface area contributed by atoms with Crippen molar-refractivity contribution in [1.29, 1.82) is 0 Å². The average Bonchev–Trinajstić information content (AvgIpc) is 3.32. The van der Waals surface area contributed by atoms with E-state index in [-0.39, 0.29) is 24.0 Å². The van der Waals surface area contributed by atoms with E-state index < -0.39 is 29.2 Å². The number of H-pyrrole nitrogens is 1. The van der Waals surface area contributed by atoms with Gasteiger partial charge in [0.1, 0.15) is 11.4 Å².